The molecule has 1 aromatic rings. The standard InChI is InChI=1S/C12H16BrF3N2/c1-8(4-5-17)18-7-9-2-3-10(13)6-11(9)12(14,15)16/h2-3,6,8,18H,4-5,7,17H2,1H3. The van der Waals surface area contributed by atoms with E-state index >= 15 is 0 Å². The molecule has 0 aromatic heterocycles. The summed E-state index contributed by atoms with van der Waals surface area (Å²) in [6, 6.07) is 4.29. The van der Waals surface area contributed by atoms with Gasteiger partial charge in [-0.15, -0.1) is 0 Å². The normalized spacial score (nSPS) is 13.7. The average molecular weight is 325 g/mol. The minimum absolute atomic E-state index is 0.0970. The Labute approximate surface area is 113 Å². The van der Waals surface area contributed by atoms with Crippen molar-refractivity contribution >= 4 is 15.9 Å². The molecule has 2 nitrogen and oxygen atoms in total. The summed E-state index contributed by atoms with van der Waals surface area (Å²) in [5.74, 6) is 0. The van der Waals surface area contributed by atoms with Crippen molar-refractivity contribution in [3.05, 3.63) is 33.8 Å². The molecule has 0 spiro atoms. The molecule has 0 bridgehead atoms. The zero-order chi connectivity index (χ0) is 13.8. The third-order valence-corrected chi connectivity index (χ3v) is 3.11. The summed E-state index contributed by atoms with van der Waals surface area (Å²) in [5, 5.41) is 3.04. The van der Waals surface area contributed by atoms with E-state index in [9.17, 15) is 13.2 Å². The number of alkyl halides is 3. The molecule has 0 radical (unpaired) electrons. The van der Waals surface area contributed by atoms with E-state index in [0.717, 1.165) is 12.5 Å². The van der Waals surface area contributed by atoms with Gasteiger partial charge in [0.15, 0.2) is 0 Å². The molecule has 1 aromatic carbocycles. The molecule has 1 unspecified atom stereocenters. The van der Waals surface area contributed by atoms with Gasteiger partial charge in [-0.1, -0.05) is 22.0 Å². The van der Waals surface area contributed by atoms with Crippen molar-refractivity contribution in [1.29, 1.82) is 0 Å². The Hall–Kier alpha value is -0.590. The topological polar surface area (TPSA) is 38.0 Å². The summed E-state index contributed by atoms with van der Waals surface area (Å²) in [6.07, 6.45) is -3.60. The fraction of sp³-hybridized carbons (Fsp3) is 0.500. The Morgan fingerprint density at radius 1 is 1.39 bits per heavy atom. The monoisotopic (exact) mass is 324 g/mol. The molecule has 0 amide bonds. The Bertz CT molecular complexity index is 393. The summed E-state index contributed by atoms with van der Waals surface area (Å²) in [7, 11) is 0. The lowest BCUT2D eigenvalue weighted by Gasteiger charge is -2.17. The fourth-order valence-electron chi connectivity index (χ4n) is 1.60. The summed E-state index contributed by atoms with van der Waals surface area (Å²) in [4.78, 5) is 0. The first-order chi connectivity index (χ1) is 8.34. The number of halogens is 4. The van der Waals surface area contributed by atoms with Crippen LogP contribution in [0.25, 0.3) is 0 Å². The zero-order valence-corrected chi connectivity index (χ0v) is 11.6. The molecular formula is C12H16BrF3N2. The smallest absolute Gasteiger partial charge is 0.330 e. The zero-order valence-electron chi connectivity index (χ0n) is 10.0. The molecule has 0 saturated heterocycles. The van der Waals surface area contributed by atoms with Crippen molar-refractivity contribution in [3.63, 3.8) is 0 Å². The SMILES string of the molecule is CC(CCN)NCc1ccc(Br)cc1C(F)(F)F. The second-order valence-electron chi connectivity index (χ2n) is 4.16. The lowest BCUT2D eigenvalue weighted by Crippen LogP contribution is -2.28. The first-order valence-corrected chi connectivity index (χ1v) is 6.43. The molecular weight excluding hydrogens is 309 g/mol. The molecule has 6 heteroatoms. The molecule has 0 heterocycles. The number of hydrogen-bond acceptors (Lipinski definition) is 2. The van der Waals surface area contributed by atoms with Gasteiger partial charge in [-0.3, -0.25) is 0 Å². The van der Waals surface area contributed by atoms with E-state index in [0.29, 0.717) is 11.0 Å². The fourth-order valence-corrected chi connectivity index (χ4v) is 1.96. The Morgan fingerprint density at radius 2 is 2.06 bits per heavy atom. The number of hydrogen-bond donors (Lipinski definition) is 2. The van der Waals surface area contributed by atoms with Gasteiger partial charge < -0.3 is 11.1 Å². The predicted octanol–water partition coefficient (Wildman–Crippen LogP) is 3.29. The molecule has 0 fully saturated rings. The molecule has 0 aliphatic heterocycles. The second kappa shape index (κ2) is 6.54. The largest absolute Gasteiger partial charge is 0.416 e. The first kappa shape index (κ1) is 15.5. The highest BCUT2D eigenvalue weighted by molar-refractivity contribution is 9.10. The van der Waals surface area contributed by atoms with Crippen LogP contribution in [0.5, 0.6) is 0 Å². The molecule has 0 saturated carbocycles. The maximum Gasteiger partial charge on any atom is 0.416 e. The van der Waals surface area contributed by atoms with E-state index in [1.54, 1.807) is 6.07 Å². The number of rotatable bonds is 5. The van der Waals surface area contributed by atoms with Crippen LogP contribution in [0.4, 0.5) is 13.2 Å². The second-order valence-corrected chi connectivity index (χ2v) is 5.07. The summed E-state index contributed by atoms with van der Waals surface area (Å²) in [5.41, 5.74) is 5.03. The molecule has 0 aliphatic carbocycles. The van der Waals surface area contributed by atoms with Crippen molar-refractivity contribution in [1.82, 2.24) is 5.32 Å². The van der Waals surface area contributed by atoms with E-state index in [-0.39, 0.29) is 18.2 Å². The quantitative estimate of drug-likeness (QED) is 0.872. The van der Waals surface area contributed by atoms with E-state index < -0.39 is 11.7 Å². The minimum Gasteiger partial charge on any atom is -0.330 e. The van der Waals surface area contributed by atoms with Crippen molar-refractivity contribution in [2.75, 3.05) is 6.54 Å². The lowest BCUT2D eigenvalue weighted by molar-refractivity contribution is -0.138. The van der Waals surface area contributed by atoms with Crippen LogP contribution >= 0.6 is 15.9 Å². The van der Waals surface area contributed by atoms with E-state index in [2.05, 4.69) is 21.2 Å². The number of nitrogens with one attached hydrogen (secondary N) is 1. The van der Waals surface area contributed by atoms with Crippen LogP contribution < -0.4 is 11.1 Å². The summed E-state index contributed by atoms with van der Waals surface area (Å²) < 4.78 is 38.9. The van der Waals surface area contributed by atoms with Crippen LogP contribution in [-0.4, -0.2) is 12.6 Å². The van der Waals surface area contributed by atoms with Crippen molar-refractivity contribution in [2.24, 2.45) is 5.73 Å². The molecule has 102 valence electrons. The Kier molecular flexibility index (Phi) is 5.62. The highest BCUT2D eigenvalue weighted by Gasteiger charge is 2.33. The maximum absolute atomic E-state index is 12.8. The highest BCUT2D eigenvalue weighted by Crippen LogP contribution is 2.33. The summed E-state index contributed by atoms with van der Waals surface area (Å²) >= 11 is 3.06. The molecule has 1 atom stereocenters. The van der Waals surface area contributed by atoms with Gasteiger partial charge in [0.25, 0.3) is 0 Å². The van der Waals surface area contributed by atoms with Gasteiger partial charge in [0.2, 0.25) is 0 Å². The number of benzene rings is 1. The van der Waals surface area contributed by atoms with Gasteiger partial charge in [0, 0.05) is 17.1 Å². The van der Waals surface area contributed by atoms with Gasteiger partial charge in [-0.05, 0) is 37.6 Å². The highest BCUT2D eigenvalue weighted by atomic mass is 79.9. The van der Waals surface area contributed by atoms with Crippen LogP contribution in [-0.2, 0) is 12.7 Å². The maximum atomic E-state index is 12.8. The van der Waals surface area contributed by atoms with Gasteiger partial charge in [-0.2, -0.15) is 13.2 Å². The van der Waals surface area contributed by atoms with Crippen molar-refractivity contribution in [2.45, 2.75) is 32.1 Å². The first-order valence-electron chi connectivity index (χ1n) is 5.63. The van der Waals surface area contributed by atoms with Crippen LogP contribution in [0.2, 0.25) is 0 Å². The van der Waals surface area contributed by atoms with Crippen molar-refractivity contribution in [3.8, 4) is 0 Å². The van der Waals surface area contributed by atoms with Gasteiger partial charge in [0.05, 0.1) is 5.56 Å². The minimum atomic E-state index is -4.34. The third kappa shape index (κ3) is 4.59. The average Bonchev–Trinajstić information content (AvgIpc) is 2.26. The van der Waals surface area contributed by atoms with Crippen LogP contribution in [0, 0.1) is 0 Å². The third-order valence-electron chi connectivity index (χ3n) is 2.62. The molecule has 3 N–H and O–H groups in total. The van der Waals surface area contributed by atoms with Gasteiger partial charge in [-0.25, -0.2) is 0 Å². The van der Waals surface area contributed by atoms with Crippen LogP contribution in [0.3, 0.4) is 0 Å². The van der Waals surface area contributed by atoms with E-state index in [1.165, 1.54) is 6.07 Å². The van der Waals surface area contributed by atoms with Gasteiger partial charge >= 0.3 is 6.18 Å². The Balaban J connectivity index is 2.82. The van der Waals surface area contributed by atoms with Crippen LogP contribution in [0.1, 0.15) is 24.5 Å². The molecule has 0 aliphatic rings. The molecule has 1 rings (SSSR count). The van der Waals surface area contributed by atoms with E-state index in [4.69, 9.17) is 5.73 Å². The van der Waals surface area contributed by atoms with Crippen LogP contribution in [0.15, 0.2) is 22.7 Å². The molecule has 18 heavy (non-hydrogen) atoms. The predicted molar refractivity (Wildman–Crippen MR) is 69.1 cm³/mol. The summed E-state index contributed by atoms with van der Waals surface area (Å²) in [6.45, 7) is 2.60. The van der Waals surface area contributed by atoms with E-state index in [1.807, 2.05) is 6.92 Å². The van der Waals surface area contributed by atoms with Gasteiger partial charge in [0.1, 0.15) is 0 Å². The van der Waals surface area contributed by atoms with Crippen molar-refractivity contribution < 1.29 is 13.2 Å². The number of nitrogens with two attached hydrogens (primary N) is 1. The lowest BCUT2D eigenvalue weighted by atomic mass is 10.1. The Morgan fingerprint density at radius 3 is 2.61 bits per heavy atom.